The summed E-state index contributed by atoms with van der Waals surface area (Å²) in [6.45, 7) is 1.09. The zero-order valence-electron chi connectivity index (χ0n) is 19.0. The predicted octanol–water partition coefficient (Wildman–Crippen LogP) is 3.39. The van der Waals surface area contributed by atoms with Crippen LogP contribution in [0.3, 0.4) is 0 Å². The Kier molecular flexibility index (Phi) is 6.12. The van der Waals surface area contributed by atoms with Crippen LogP contribution < -0.4 is 10.3 Å². The Balaban J connectivity index is 1.24. The van der Waals surface area contributed by atoms with E-state index in [1.165, 1.54) is 4.68 Å². The molecule has 5 rings (SSSR count). The fourth-order valence-electron chi connectivity index (χ4n) is 4.41. The van der Waals surface area contributed by atoms with E-state index in [0.29, 0.717) is 30.8 Å². The van der Waals surface area contributed by atoms with E-state index >= 15 is 0 Å². The van der Waals surface area contributed by atoms with E-state index in [1.807, 2.05) is 42.5 Å². The number of carbonyl (C=O) groups excluding carboxylic acids is 1. The van der Waals surface area contributed by atoms with Crippen molar-refractivity contribution in [1.82, 2.24) is 19.7 Å². The van der Waals surface area contributed by atoms with Gasteiger partial charge in [-0.15, -0.1) is 0 Å². The number of hydrogen-bond acceptors (Lipinski definition) is 6. The molecule has 34 heavy (non-hydrogen) atoms. The molecule has 1 fully saturated rings. The van der Waals surface area contributed by atoms with Gasteiger partial charge in [0.05, 0.1) is 30.8 Å². The van der Waals surface area contributed by atoms with Gasteiger partial charge in [0.25, 0.3) is 5.56 Å². The molecular formula is C26H26N4O4. The number of benzene rings is 2. The lowest BCUT2D eigenvalue weighted by molar-refractivity contribution is -0.133. The maximum atomic E-state index is 13.0. The third-order valence-electron chi connectivity index (χ3n) is 6.28. The Labute approximate surface area is 196 Å². The molecule has 1 aliphatic heterocycles. The number of oxazole rings is 1. The number of methoxy groups -OCH3 is 1. The molecule has 1 atom stereocenters. The average Bonchev–Trinajstić information content (AvgIpc) is 3.35. The van der Waals surface area contributed by atoms with Crippen LogP contribution in [0, 0.1) is 0 Å². The van der Waals surface area contributed by atoms with E-state index in [4.69, 9.17) is 9.15 Å². The molecule has 8 nitrogen and oxygen atoms in total. The summed E-state index contributed by atoms with van der Waals surface area (Å²) < 4.78 is 12.5. The van der Waals surface area contributed by atoms with Crippen LogP contribution in [0.25, 0.3) is 10.8 Å². The standard InChI is InChI=1S/C26H26N4O4/c1-33-21-10-8-18(9-11-21)13-22-15-27-25(34-22)20-6-4-12-29(16-20)24(31)17-30-26(32)23-7-3-2-5-19(23)14-28-30/h2-3,5,7-11,14-15,20H,4,6,12-13,16-17H2,1H3. The van der Waals surface area contributed by atoms with Crippen LogP contribution in [0.4, 0.5) is 0 Å². The fraction of sp³-hybridized carbons (Fsp3) is 0.308. The quantitative estimate of drug-likeness (QED) is 0.440. The second kappa shape index (κ2) is 9.51. The van der Waals surface area contributed by atoms with Gasteiger partial charge in [-0.25, -0.2) is 9.67 Å². The molecule has 1 unspecified atom stereocenters. The Hall–Kier alpha value is -3.94. The van der Waals surface area contributed by atoms with Gasteiger partial charge in [-0.1, -0.05) is 30.3 Å². The van der Waals surface area contributed by atoms with Crippen molar-refractivity contribution in [3.05, 3.63) is 88.5 Å². The van der Waals surface area contributed by atoms with Crippen LogP contribution in [-0.2, 0) is 17.8 Å². The molecule has 3 heterocycles. The molecule has 0 bridgehead atoms. The van der Waals surface area contributed by atoms with Crippen molar-refractivity contribution in [3.8, 4) is 5.75 Å². The monoisotopic (exact) mass is 458 g/mol. The Morgan fingerprint density at radius 2 is 1.97 bits per heavy atom. The lowest BCUT2D eigenvalue weighted by Crippen LogP contribution is -2.42. The van der Waals surface area contributed by atoms with Crippen molar-refractivity contribution in [2.24, 2.45) is 0 Å². The van der Waals surface area contributed by atoms with Gasteiger partial charge in [0, 0.05) is 24.9 Å². The highest BCUT2D eigenvalue weighted by Gasteiger charge is 2.28. The molecular weight excluding hydrogens is 432 g/mol. The largest absolute Gasteiger partial charge is 0.497 e. The first-order valence-corrected chi connectivity index (χ1v) is 11.4. The normalized spacial score (nSPS) is 16.0. The summed E-state index contributed by atoms with van der Waals surface area (Å²) in [7, 11) is 1.65. The first kappa shape index (κ1) is 21.9. The van der Waals surface area contributed by atoms with Crippen LogP contribution in [0.15, 0.2) is 70.1 Å². The number of ether oxygens (including phenoxy) is 1. The highest BCUT2D eigenvalue weighted by atomic mass is 16.5. The second-order valence-corrected chi connectivity index (χ2v) is 8.56. The van der Waals surface area contributed by atoms with Gasteiger partial charge >= 0.3 is 0 Å². The van der Waals surface area contributed by atoms with Gasteiger partial charge in [-0.3, -0.25) is 9.59 Å². The smallest absolute Gasteiger partial charge is 0.275 e. The van der Waals surface area contributed by atoms with Crippen LogP contribution in [0.5, 0.6) is 5.75 Å². The molecule has 174 valence electrons. The summed E-state index contributed by atoms with van der Waals surface area (Å²) in [4.78, 5) is 32.0. The van der Waals surface area contributed by atoms with Crippen LogP contribution in [0.1, 0.15) is 36.0 Å². The SMILES string of the molecule is COc1ccc(Cc2cnc(C3CCCN(C(=O)Cn4ncc5ccccc5c4=O)C3)o2)cc1. The summed E-state index contributed by atoms with van der Waals surface area (Å²) >= 11 is 0. The number of piperidine rings is 1. The number of nitrogens with zero attached hydrogens (tertiary/aromatic N) is 4. The zero-order chi connectivity index (χ0) is 23.5. The molecule has 0 aliphatic carbocycles. The number of carbonyl (C=O) groups is 1. The highest BCUT2D eigenvalue weighted by molar-refractivity contribution is 5.81. The third-order valence-corrected chi connectivity index (χ3v) is 6.28. The van der Waals surface area contributed by atoms with E-state index in [9.17, 15) is 9.59 Å². The van der Waals surface area contributed by atoms with E-state index in [-0.39, 0.29) is 23.9 Å². The molecule has 1 saturated heterocycles. The number of rotatable bonds is 6. The maximum Gasteiger partial charge on any atom is 0.275 e. The minimum Gasteiger partial charge on any atom is -0.497 e. The van der Waals surface area contributed by atoms with E-state index in [2.05, 4.69) is 10.1 Å². The lowest BCUT2D eigenvalue weighted by Gasteiger charge is -2.31. The molecule has 0 radical (unpaired) electrons. The van der Waals surface area contributed by atoms with Gasteiger partial charge in [-0.2, -0.15) is 5.10 Å². The maximum absolute atomic E-state index is 13.0. The first-order valence-electron chi connectivity index (χ1n) is 11.4. The summed E-state index contributed by atoms with van der Waals surface area (Å²) in [6, 6.07) is 15.1. The van der Waals surface area contributed by atoms with E-state index in [0.717, 1.165) is 35.3 Å². The highest BCUT2D eigenvalue weighted by Crippen LogP contribution is 2.27. The molecule has 0 spiro atoms. The van der Waals surface area contributed by atoms with Gasteiger partial charge in [0.15, 0.2) is 5.89 Å². The predicted molar refractivity (Wildman–Crippen MR) is 127 cm³/mol. The van der Waals surface area contributed by atoms with Crippen molar-refractivity contribution < 1.29 is 13.9 Å². The molecule has 8 heteroatoms. The Morgan fingerprint density at radius 3 is 2.79 bits per heavy atom. The van der Waals surface area contributed by atoms with Gasteiger partial charge < -0.3 is 14.1 Å². The van der Waals surface area contributed by atoms with Crippen LogP contribution in [0.2, 0.25) is 0 Å². The molecule has 0 N–H and O–H groups in total. The minimum absolute atomic E-state index is 0.0311. The van der Waals surface area contributed by atoms with Crippen molar-refractivity contribution in [2.75, 3.05) is 20.2 Å². The van der Waals surface area contributed by atoms with Crippen LogP contribution >= 0.6 is 0 Å². The summed E-state index contributed by atoms with van der Waals surface area (Å²) in [5.74, 6) is 2.16. The topological polar surface area (TPSA) is 90.5 Å². The third kappa shape index (κ3) is 4.57. The number of aromatic nitrogens is 3. The average molecular weight is 459 g/mol. The zero-order valence-corrected chi connectivity index (χ0v) is 19.0. The summed E-state index contributed by atoms with van der Waals surface area (Å²) in [6.07, 6.45) is 5.79. The molecule has 1 aliphatic rings. The lowest BCUT2D eigenvalue weighted by atomic mass is 9.98. The first-order chi connectivity index (χ1) is 16.6. The number of hydrogen-bond donors (Lipinski definition) is 0. The van der Waals surface area contributed by atoms with Gasteiger partial charge in [0.1, 0.15) is 18.1 Å². The van der Waals surface area contributed by atoms with Gasteiger partial charge in [-0.05, 0) is 36.6 Å². The summed E-state index contributed by atoms with van der Waals surface area (Å²) in [5.41, 5.74) is 0.855. The van der Waals surface area contributed by atoms with Crippen molar-refractivity contribution >= 4 is 16.7 Å². The molecule has 2 aromatic heterocycles. The number of amides is 1. The van der Waals surface area contributed by atoms with E-state index < -0.39 is 0 Å². The molecule has 2 aromatic carbocycles. The number of likely N-dealkylation sites (tertiary alicyclic amines) is 1. The molecule has 4 aromatic rings. The van der Waals surface area contributed by atoms with Gasteiger partial charge in [0.2, 0.25) is 5.91 Å². The van der Waals surface area contributed by atoms with Crippen LogP contribution in [-0.4, -0.2) is 45.8 Å². The van der Waals surface area contributed by atoms with Crippen molar-refractivity contribution in [1.29, 1.82) is 0 Å². The second-order valence-electron chi connectivity index (χ2n) is 8.56. The van der Waals surface area contributed by atoms with E-state index in [1.54, 1.807) is 30.5 Å². The molecule has 1 amide bonds. The Bertz CT molecular complexity index is 1360. The van der Waals surface area contributed by atoms with Crippen molar-refractivity contribution in [3.63, 3.8) is 0 Å². The van der Waals surface area contributed by atoms with Crippen molar-refractivity contribution in [2.45, 2.75) is 31.7 Å². The fourth-order valence-corrected chi connectivity index (χ4v) is 4.41. The summed E-state index contributed by atoms with van der Waals surface area (Å²) in [5, 5.41) is 5.52. The Morgan fingerprint density at radius 1 is 1.15 bits per heavy atom. The molecule has 0 saturated carbocycles. The minimum atomic E-state index is -0.254. The number of fused-ring (bicyclic) bond motifs is 1.